The maximum atomic E-state index is 12.6. The Morgan fingerprint density at radius 3 is 2.64 bits per heavy atom. The first kappa shape index (κ1) is 25.3. The fourth-order valence-electron chi connectivity index (χ4n) is 5.69. The quantitative estimate of drug-likeness (QED) is 0.397. The van der Waals surface area contributed by atoms with Crippen LogP contribution in [0, 0.1) is 11.8 Å². The number of nitrogens with two attached hydrogens (primary N) is 1. The smallest absolute Gasteiger partial charge is 0.252 e. The van der Waals surface area contributed by atoms with Gasteiger partial charge in [0.2, 0.25) is 5.91 Å². The third-order valence-corrected chi connectivity index (χ3v) is 7.94. The van der Waals surface area contributed by atoms with E-state index in [2.05, 4.69) is 27.6 Å². The third kappa shape index (κ3) is 4.61. The summed E-state index contributed by atoms with van der Waals surface area (Å²) in [6, 6.07) is 7.30. The summed E-state index contributed by atoms with van der Waals surface area (Å²) in [5, 5.41) is 10.7. The van der Waals surface area contributed by atoms with E-state index in [9.17, 15) is 9.59 Å². The Morgan fingerprint density at radius 2 is 1.97 bits per heavy atom. The van der Waals surface area contributed by atoms with Crippen LogP contribution in [-0.4, -0.2) is 52.7 Å². The van der Waals surface area contributed by atoms with Gasteiger partial charge in [-0.25, -0.2) is 4.98 Å². The van der Waals surface area contributed by atoms with Crippen LogP contribution in [0.25, 0.3) is 11.1 Å². The molecule has 3 fully saturated rings. The van der Waals surface area contributed by atoms with Crippen molar-refractivity contribution in [1.29, 1.82) is 0 Å². The van der Waals surface area contributed by atoms with E-state index in [1.807, 2.05) is 29.1 Å². The number of benzene rings is 1. The Kier molecular flexibility index (Phi) is 6.48. The van der Waals surface area contributed by atoms with Crippen LogP contribution in [0.1, 0.15) is 49.0 Å². The first-order valence-electron chi connectivity index (χ1n) is 13.2. The summed E-state index contributed by atoms with van der Waals surface area (Å²) in [5.74, 6) is 0.147. The molecule has 6 rings (SSSR count). The maximum Gasteiger partial charge on any atom is 0.252 e. The first-order chi connectivity index (χ1) is 18.9. The topological polar surface area (TPSA) is 143 Å². The summed E-state index contributed by atoms with van der Waals surface area (Å²) in [7, 11) is 1.59. The first-order valence-corrected chi connectivity index (χ1v) is 13.2. The van der Waals surface area contributed by atoms with Crippen molar-refractivity contribution in [2.75, 3.05) is 31.0 Å². The van der Waals surface area contributed by atoms with Crippen LogP contribution < -0.4 is 21.1 Å². The van der Waals surface area contributed by atoms with Crippen molar-refractivity contribution in [3.63, 3.8) is 0 Å². The molecule has 204 valence electrons. The van der Waals surface area contributed by atoms with Gasteiger partial charge in [0.05, 0.1) is 43.5 Å². The van der Waals surface area contributed by atoms with Crippen molar-refractivity contribution in [2.45, 2.75) is 44.4 Å². The second kappa shape index (κ2) is 9.97. The van der Waals surface area contributed by atoms with Gasteiger partial charge in [0, 0.05) is 41.9 Å². The van der Waals surface area contributed by atoms with Crippen LogP contribution in [0.15, 0.2) is 42.9 Å². The number of nitrogens with one attached hydrogen (secondary N) is 2. The van der Waals surface area contributed by atoms with Crippen LogP contribution in [0.5, 0.6) is 5.75 Å². The fraction of sp³-hybridized carbons (Fsp3) is 0.429. The van der Waals surface area contributed by atoms with Crippen molar-refractivity contribution in [2.24, 2.45) is 17.6 Å². The summed E-state index contributed by atoms with van der Waals surface area (Å²) < 4.78 is 19.5. The summed E-state index contributed by atoms with van der Waals surface area (Å²) in [4.78, 5) is 29.0. The molecule has 1 aromatic carbocycles. The van der Waals surface area contributed by atoms with Crippen molar-refractivity contribution in [3.8, 4) is 16.9 Å². The number of rotatable bonds is 8. The van der Waals surface area contributed by atoms with E-state index >= 15 is 0 Å². The Balaban J connectivity index is 1.27. The molecule has 39 heavy (non-hydrogen) atoms. The highest BCUT2D eigenvalue weighted by Gasteiger charge is 2.53. The lowest BCUT2D eigenvalue weighted by Gasteiger charge is -2.44. The zero-order valence-electron chi connectivity index (χ0n) is 22.0. The Morgan fingerprint density at radius 1 is 1.18 bits per heavy atom. The van der Waals surface area contributed by atoms with E-state index in [1.165, 1.54) is 6.20 Å². The molecule has 11 nitrogen and oxygen atoms in total. The van der Waals surface area contributed by atoms with Gasteiger partial charge in [-0.1, -0.05) is 19.1 Å². The van der Waals surface area contributed by atoms with Gasteiger partial charge in [0.15, 0.2) is 5.79 Å². The molecule has 11 heteroatoms. The number of hydrogen-bond acceptors (Lipinski definition) is 8. The third-order valence-electron chi connectivity index (χ3n) is 7.94. The number of anilines is 3. The molecule has 1 aliphatic heterocycles. The zero-order chi connectivity index (χ0) is 27.1. The molecule has 2 amide bonds. The highest BCUT2D eigenvalue weighted by Crippen LogP contribution is 2.49. The summed E-state index contributed by atoms with van der Waals surface area (Å²) in [6.07, 6.45) is 8.62. The van der Waals surface area contributed by atoms with E-state index in [0.29, 0.717) is 42.1 Å². The average molecular weight is 533 g/mol. The molecule has 1 atom stereocenters. The number of aromatic nitrogens is 3. The van der Waals surface area contributed by atoms with Gasteiger partial charge >= 0.3 is 0 Å². The molecule has 0 radical (unpaired) electrons. The largest absolute Gasteiger partial charge is 0.494 e. The Hall–Kier alpha value is -3.96. The van der Waals surface area contributed by atoms with E-state index in [0.717, 1.165) is 36.8 Å². The zero-order valence-corrected chi connectivity index (χ0v) is 22.0. The second-order valence-corrected chi connectivity index (χ2v) is 10.5. The van der Waals surface area contributed by atoms with Crippen molar-refractivity contribution in [1.82, 2.24) is 14.8 Å². The number of nitrogens with zero attached hydrogens (tertiary/aromatic N) is 3. The van der Waals surface area contributed by atoms with Crippen molar-refractivity contribution in [3.05, 3.63) is 48.4 Å². The SMILES string of the molecule is COc1c(Nc2cc(NC(=O)C3CC(C)C3)ncc2C(N)=O)cccc1-c1cnn(C2CCC23OCCO3)c1. The van der Waals surface area contributed by atoms with E-state index in [-0.39, 0.29) is 23.4 Å². The van der Waals surface area contributed by atoms with E-state index < -0.39 is 11.7 Å². The second-order valence-electron chi connectivity index (χ2n) is 10.5. The molecular formula is C28H32N6O5. The minimum absolute atomic E-state index is 0.0201. The normalized spacial score (nSPS) is 23.1. The van der Waals surface area contributed by atoms with Crippen molar-refractivity contribution < 1.29 is 23.8 Å². The number of para-hydroxylation sites is 1. The maximum absolute atomic E-state index is 12.6. The molecule has 3 aromatic rings. The Labute approximate surface area is 226 Å². The van der Waals surface area contributed by atoms with Crippen LogP contribution in [-0.2, 0) is 14.3 Å². The number of carbonyl (C=O) groups excluding carboxylic acids is 2. The number of primary amides is 1. The van der Waals surface area contributed by atoms with Crippen molar-refractivity contribution >= 4 is 29.0 Å². The summed E-state index contributed by atoms with van der Waals surface area (Å²) >= 11 is 0. The minimum Gasteiger partial charge on any atom is -0.494 e. The fourth-order valence-corrected chi connectivity index (χ4v) is 5.69. The van der Waals surface area contributed by atoms with E-state index in [1.54, 1.807) is 19.4 Å². The van der Waals surface area contributed by atoms with Crippen LogP contribution in [0.3, 0.4) is 0 Å². The highest BCUT2D eigenvalue weighted by atomic mass is 16.7. The number of carbonyl (C=O) groups is 2. The predicted octanol–water partition coefficient (Wildman–Crippen LogP) is 3.86. The monoisotopic (exact) mass is 532 g/mol. The van der Waals surface area contributed by atoms with Gasteiger partial charge in [0.25, 0.3) is 5.91 Å². The number of methoxy groups -OCH3 is 1. The predicted molar refractivity (Wildman–Crippen MR) is 144 cm³/mol. The minimum atomic E-state index is -0.641. The van der Waals surface area contributed by atoms with Crippen LogP contribution in [0.2, 0.25) is 0 Å². The van der Waals surface area contributed by atoms with Gasteiger partial charge in [-0.05, 0) is 31.2 Å². The average Bonchev–Trinajstić information content (AvgIpc) is 3.58. The number of amides is 2. The van der Waals surface area contributed by atoms with Gasteiger partial charge in [-0.15, -0.1) is 0 Å². The molecule has 4 N–H and O–H groups in total. The molecule has 3 aliphatic rings. The van der Waals surface area contributed by atoms with Crippen LogP contribution in [0.4, 0.5) is 17.2 Å². The standard InChI is InChI=1S/C28H32N6O5/c1-16-10-17(11-16)27(36)33-24-12-22(20(14-30-24)26(29)35)32-21-5-3-4-19(25(21)37-2)18-13-31-34(15-18)23-6-7-28(23)38-8-9-39-28/h3-5,12-17,23H,6-11H2,1-2H3,(H2,29,35)(H2,30,32,33,36). The van der Waals surface area contributed by atoms with E-state index in [4.69, 9.17) is 19.9 Å². The highest BCUT2D eigenvalue weighted by molar-refractivity contribution is 6.01. The molecule has 2 saturated carbocycles. The van der Waals surface area contributed by atoms with Gasteiger partial charge in [-0.2, -0.15) is 5.10 Å². The lowest BCUT2D eigenvalue weighted by atomic mass is 9.76. The lowest BCUT2D eigenvalue weighted by Crippen LogP contribution is -2.49. The molecule has 2 aliphatic carbocycles. The molecule has 3 heterocycles. The molecule has 1 spiro atoms. The number of pyridine rings is 1. The molecule has 0 bridgehead atoms. The number of ether oxygens (including phenoxy) is 3. The summed E-state index contributed by atoms with van der Waals surface area (Å²) in [6.45, 7) is 3.32. The number of hydrogen-bond donors (Lipinski definition) is 3. The van der Waals surface area contributed by atoms with Gasteiger partial charge in [0.1, 0.15) is 17.6 Å². The molecular weight excluding hydrogens is 500 g/mol. The molecule has 2 aromatic heterocycles. The van der Waals surface area contributed by atoms with Gasteiger partial charge in [-0.3, -0.25) is 14.3 Å². The Bertz CT molecular complexity index is 1410. The van der Waals surface area contributed by atoms with Gasteiger partial charge < -0.3 is 30.6 Å². The van der Waals surface area contributed by atoms with Crippen LogP contribution >= 0.6 is 0 Å². The molecule has 1 unspecified atom stereocenters. The lowest BCUT2D eigenvalue weighted by molar-refractivity contribution is -0.242. The summed E-state index contributed by atoms with van der Waals surface area (Å²) in [5.41, 5.74) is 8.53. The molecule has 1 saturated heterocycles.